The zero-order valence-electron chi connectivity index (χ0n) is 12.2. The average Bonchev–Trinajstić information content (AvgIpc) is 2.52. The van der Waals surface area contributed by atoms with Crippen LogP contribution in [0.25, 0.3) is 0 Å². The number of ether oxygens (including phenoxy) is 1. The molecule has 0 fully saturated rings. The standard InChI is InChI=1S/C17H17NO4/c1-12-2-4-13(5-3-12)10-18-16(20)11-22-17(21)14-6-8-15(19)9-7-14/h2-9,19H,10-11H2,1H3,(H,18,20). The van der Waals surface area contributed by atoms with Crippen molar-refractivity contribution in [2.24, 2.45) is 0 Å². The molecule has 0 radical (unpaired) electrons. The van der Waals surface area contributed by atoms with E-state index in [-0.39, 0.29) is 23.8 Å². The SMILES string of the molecule is Cc1ccc(CNC(=O)COC(=O)c2ccc(O)cc2)cc1. The highest BCUT2D eigenvalue weighted by Crippen LogP contribution is 2.10. The molecule has 114 valence electrons. The van der Waals surface area contributed by atoms with Crippen molar-refractivity contribution in [3.63, 3.8) is 0 Å². The second kappa shape index (κ2) is 7.26. The lowest BCUT2D eigenvalue weighted by atomic mass is 10.1. The molecule has 2 rings (SSSR count). The first-order valence-electron chi connectivity index (χ1n) is 6.83. The summed E-state index contributed by atoms with van der Waals surface area (Å²) in [6, 6.07) is 13.4. The second-order valence-electron chi connectivity index (χ2n) is 4.89. The Bertz CT molecular complexity index is 647. The van der Waals surface area contributed by atoms with E-state index in [9.17, 15) is 9.59 Å². The number of carbonyl (C=O) groups excluding carboxylic acids is 2. The fourth-order valence-corrected chi connectivity index (χ4v) is 1.77. The Labute approximate surface area is 128 Å². The van der Waals surface area contributed by atoms with E-state index < -0.39 is 5.97 Å². The van der Waals surface area contributed by atoms with Gasteiger partial charge in [-0.05, 0) is 36.8 Å². The van der Waals surface area contributed by atoms with Crippen LogP contribution in [0.2, 0.25) is 0 Å². The zero-order valence-corrected chi connectivity index (χ0v) is 12.2. The van der Waals surface area contributed by atoms with E-state index in [1.807, 2.05) is 31.2 Å². The van der Waals surface area contributed by atoms with Gasteiger partial charge in [-0.15, -0.1) is 0 Å². The number of amides is 1. The number of aromatic hydroxyl groups is 1. The molecule has 0 bridgehead atoms. The molecule has 2 aromatic carbocycles. The molecule has 0 spiro atoms. The Hall–Kier alpha value is -2.82. The first-order chi connectivity index (χ1) is 10.5. The first kappa shape index (κ1) is 15.6. The highest BCUT2D eigenvalue weighted by molar-refractivity contribution is 5.91. The van der Waals surface area contributed by atoms with Gasteiger partial charge in [-0.2, -0.15) is 0 Å². The summed E-state index contributed by atoms with van der Waals surface area (Å²) in [6.45, 7) is 2.03. The average molecular weight is 299 g/mol. The fraction of sp³-hybridized carbons (Fsp3) is 0.176. The number of nitrogens with one attached hydrogen (secondary N) is 1. The lowest BCUT2D eigenvalue weighted by molar-refractivity contribution is -0.124. The van der Waals surface area contributed by atoms with Crippen molar-refractivity contribution in [1.29, 1.82) is 0 Å². The maximum absolute atomic E-state index is 11.7. The number of carbonyl (C=O) groups is 2. The van der Waals surface area contributed by atoms with Crippen molar-refractivity contribution in [1.82, 2.24) is 5.32 Å². The van der Waals surface area contributed by atoms with E-state index in [0.717, 1.165) is 11.1 Å². The summed E-state index contributed by atoms with van der Waals surface area (Å²) in [5.41, 5.74) is 2.41. The topological polar surface area (TPSA) is 75.6 Å². The molecule has 0 saturated carbocycles. The van der Waals surface area contributed by atoms with Crippen LogP contribution in [0.3, 0.4) is 0 Å². The number of hydrogen-bond acceptors (Lipinski definition) is 4. The van der Waals surface area contributed by atoms with E-state index in [1.165, 1.54) is 24.3 Å². The van der Waals surface area contributed by atoms with Gasteiger partial charge < -0.3 is 15.2 Å². The minimum Gasteiger partial charge on any atom is -0.508 e. The van der Waals surface area contributed by atoms with Crippen molar-refractivity contribution < 1.29 is 19.4 Å². The Morgan fingerprint density at radius 2 is 1.68 bits per heavy atom. The summed E-state index contributed by atoms with van der Waals surface area (Å²) >= 11 is 0. The fourth-order valence-electron chi connectivity index (χ4n) is 1.77. The number of rotatable bonds is 5. The maximum atomic E-state index is 11.7. The van der Waals surface area contributed by atoms with Gasteiger partial charge in [0.2, 0.25) is 0 Å². The number of aryl methyl sites for hydroxylation is 1. The summed E-state index contributed by atoms with van der Waals surface area (Å²) < 4.78 is 4.90. The van der Waals surface area contributed by atoms with Gasteiger partial charge in [0.05, 0.1) is 5.56 Å². The van der Waals surface area contributed by atoms with Gasteiger partial charge in [0.25, 0.3) is 5.91 Å². The quantitative estimate of drug-likeness (QED) is 0.830. The molecule has 0 aliphatic carbocycles. The van der Waals surface area contributed by atoms with Gasteiger partial charge in [-0.25, -0.2) is 4.79 Å². The molecular formula is C17H17NO4. The smallest absolute Gasteiger partial charge is 0.338 e. The van der Waals surface area contributed by atoms with Crippen molar-refractivity contribution in [3.05, 3.63) is 65.2 Å². The summed E-state index contributed by atoms with van der Waals surface area (Å²) in [7, 11) is 0. The summed E-state index contributed by atoms with van der Waals surface area (Å²) in [5.74, 6) is -0.911. The molecule has 22 heavy (non-hydrogen) atoms. The lowest BCUT2D eigenvalue weighted by Gasteiger charge is -2.07. The number of phenolic OH excluding ortho intramolecular Hbond substituents is 1. The Morgan fingerprint density at radius 3 is 2.32 bits per heavy atom. The van der Waals surface area contributed by atoms with E-state index in [1.54, 1.807) is 0 Å². The van der Waals surface area contributed by atoms with Gasteiger partial charge in [0.1, 0.15) is 5.75 Å². The molecule has 0 unspecified atom stereocenters. The molecule has 0 heterocycles. The zero-order chi connectivity index (χ0) is 15.9. The van der Waals surface area contributed by atoms with Crippen LogP contribution in [0, 0.1) is 6.92 Å². The monoisotopic (exact) mass is 299 g/mol. The van der Waals surface area contributed by atoms with E-state index >= 15 is 0 Å². The first-order valence-corrected chi connectivity index (χ1v) is 6.83. The highest BCUT2D eigenvalue weighted by atomic mass is 16.5. The van der Waals surface area contributed by atoms with Gasteiger partial charge in [0, 0.05) is 6.54 Å². The van der Waals surface area contributed by atoms with Crippen molar-refractivity contribution in [2.75, 3.05) is 6.61 Å². The third kappa shape index (κ3) is 4.63. The minimum absolute atomic E-state index is 0.0624. The normalized spacial score (nSPS) is 10.0. The number of esters is 1. The van der Waals surface area contributed by atoms with Crippen LogP contribution in [0.5, 0.6) is 5.75 Å². The Kier molecular flexibility index (Phi) is 5.14. The van der Waals surface area contributed by atoms with E-state index in [4.69, 9.17) is 9.84 Å². The van der Waals surface area contributed by atoms with Gasteiger partial charge in [0.15, 0.2) is 6.61 Å². The van der Waals surface area contributed by atoms with Crippen LogP contribution in [-0.4, -0.2) is 23.6 Å². The van der Waals surface area contributed by atoms with E-state index in [0.29, 0.717) is 6.54 Å². The van der Waals surface area contributed by atoms with Gasteiger partial charge >= 0.3 is 5.97 Å². The molecular weight excluding hydrogens is 282 g/mol. The van der Waals surface area contributed by atoms with Crippen LogP contribution in [0.1, 0.15) is 21.5 Å². The molecule has 5 heteroatoms. The lowest BCUT2D eigenvalue weighted by Crippen LogP contribution is -2.28. The maximum Gasteiger partial charge on any atom is 0.338 e. The van der Waals surface area contributed by atoms with Crippen molar-refractivity contribution in [3.8, 4) is 5.75 Å². The predicted octanol–water partition coefficient (Wildman–Crippen LogP) is 2.17. The van der Waals surface area contributed by atoms with Gasteiger partial charge in [-0.1, -0.05) is 29.8 Å². The summed E-state index contributed by atoms with van der Waals surface area (Å²) in [6.07, 6.45) is 0. The summed E-state index contributed by atoms with van der Waals surface area (Å²) in [5, 5.41) is 11.8. The molecule has 0 atom stereocenters. The number of benzene rings is 2. The van der Waals surface area contributed by atoms with Crippen LogP contribution >= 0.6 is 0 Å². The van der Waals surface area contributed by atoms with E-state index in [2.05, 4.69) is 5.32 Å². The third-order valence-corrected chi connectivity index (χ3v) is 3.05. The molecule has 0 saturated heterocycles. The summed E-state index contributed by atoms with van der Waals surface area (Å²) in [4.78, 5) is 23.3. The van der Waals surface area contributed by atoms with Crippen LogP contribution < -0.4 is 5.32 Å². The second-order valence-corrected chi connectivity index (χ2v) is 4.89. The Balaban J connectivity index is 1.76. The number of phenols is 1. The molecule has 1 amide bonds. The molecule has 2 N–H and O–H groups in total. The van der Waals surface area contributed by atoms with Crippen LogP contribution in [0.4, 0.5) is 0 Å². The molecule has 2 aromatic rings. The molecule has 0 aromatic heterocycles. The molecule has 0 aliphatic rings. The van der Waals surface area contributed by atoms with Crippen LogP contribution in [0.15, 0.2) is 48.5 Å². The third-order valence-electron chi connectivity index (χ3n) is 3.05. The predicted molar refractivity (Wildman–Crippen MR) is 81.4 cm³/mol. The van der Waals surface area contributed by atoms with Crippen molar-refractivity contribution >= 4 is 11.9 Å². The molecule has 0 aliphatic heterocycles. The van der Waals surface area contributed by atoms with Gasteiger partial charge in [-0.3, -0.25) is 4.79 Å². The Morgan fingerprint density at radius 1 is 1.05 bits per heavy atom. The minimum atomic E-state index is -0.606. The molecule has 5 nitrogen and oxygen atoms in total. The van der Waals surface area contributed by atoms with Crippen molar-refractivity contribution in [2.45, 2.75) is 13.5 Å². The largest absolute Gasteiger partial charge is 0.508 e. The number of hydrogen-bond donors (Lipinski definition) is 2. The highest BCUT2D eigenvalue weighted by Gasteiger charge is 2.09. The van der Waals surface area contributed by atoms with Crippen LogP contribution in [-0.2, 0) is 16.1 Å².